The molecule has 0 aliphatic carbocycles. The second-order valence-electron chi connectivity index (χ2n) is 8.67. The van der Waals surface area contributed by atoms with Gasteiger partial charge in [-0.2, -0.15) is 27.8 Å². The number of hydrogen-bond acceptors (Lipinski definition) is 9. The number of hydrogen-bond donors (Lipinski definition) is 0. The number of ether oxygens (including phenoxy) is 2. The van der Waals surface area contributed by atoms with Crippen LogP contribution >= 0.6 is 23.1 Å². The molecule has 1 aliphatic heterocycles. The zero-order chi connectivity index (χ0) is 29.4. The maximum Gasteiger partial charge on any atom is 0.416 e. The third-order valence-electron chi connectivity index (χ3n) is 6.16. The van der Waals surface area contributed by atoms with Gasteiger partial charge in [0.25, 0.3) is 10.0 Å². The lowest BCUT2D eigenvalue weighted by atomic mass is 10.1. The molecule has 0 saturated carbocycles. The van der Waals surface area contributed by atoms with Crippen LogP contribution in [-0.4, -0.2) is 38.0 Å². The highest BCUT2D eigenvalue weighted by molar-refractivity contribution is 7.93. The Kier molecular flexibility index (Phi) is 7.69. The second-order valence-corrected chi connectivity index (χ2v) is 11.7. The number of nitriles is 1. The van der Waals surface area contributed by atoms with Crippen LogP contribution in [0.15, 0.2) is 65.6 Å². The Morgan fingerprint density at radius 2 is 1.88 bits per heavy atom. The van der Waals surface area contributed by atoms with Crippen LogP contribution in [0.1, 0.15) is 17.0 Å². The number of halogens is 4. The summed E-state index contributed by atoms with van der Waals surface area (Å²) in [6, 6.07) is 15.8. The third-order valence-corrected chi connectivity index (χ3v) is 9.05. The molecule has 3 aromatic carbocycles. The van der Waals surface area contributed by atoms with E-state index in [4.69, 9.17) is 21.1 Å². The van der Waals surface area contributed by atoms with E-state index in [0.717, 1.165) is 28.0 Å². The molecule has 212 valence electrons. The number of fused-ring (bicyclic) bond motifs is 1. The summed E-state index contributed by atoms with van der Waals surface area (Å²) in [5, 5.41) is 9.07. The van der Waals surface area contributed by atoms with Gasteiger partial charge in [-0.25, -0.2) is 12.7 Å². The van der Waals surface area contributed by atoms with Gasteiger partial charge in [0, 0.05) is 17.6 Å². The Hall–Kier alpha value is -4.06. The van der Waals surface area contributed by atoms with Gasteiger partial charge in [0.15, 0.2) is 0 Å². The molecule has 0 saturated heterocycles. The zero-order valence-corrected chi connectivity index (χ0v) is 23.5. The van der Waals surface area contributed by atoms with Crippen LogP contribution in [0, 0.1) is 11.3 Å². The highest BCUT2D eigenvalue weighted by Crippen LogP contribution is 2.43. The average Bonchev–Trinajstić information content (AvgIpc) is 3.44. The van der Waals surface area contributed by atoms with Crippen molar-refractivity contribution in [3.63, 3.8) is 0 Å². The van der Waals surface area contributed by atoms with Crippen LogP contribution in [0.5, 0.6) is 11.5 Å². The van der Waals surface area contributed by atoms with Crippen molar-refractivity contribution in [1.82, 2.24) is 9.36 Å². The Labute approximate surface area is 242 Å². The molecule has 0 atom stereocenters. The van der Waals surface area contributed by atoms with E-state index < -0.39 is 21.8 Å². The topological polar surface area (TPSA) is 109 Å². The molecule has 0 spiro atoms. The molecule has 0 N–H and O–H groups in total. The predicted octanol–water partition coefficient (Wildman–Crippen LogP) is 6.02. The molecule has 5 rings (SSSR count). The molecule has 0 fully saturated rings. The van der Waals surface area contributed by atoms with Crippen LogP contribution < -0.4 is 18.7 Å². The van der Waals surface area contributed by atoms with Crippen molar-refractivity contribution in [2.45, 2.75) is 17.6 Å². The lowest BCUT2D eigenvalue weighted by Gasteiger charge is -2.32. The van der Waals surface area contributed by atoms with E-state index in [1.165, 1.54) is 31.4 Å². The largest absolute Gasteiger partial charge is 0.497 e. The van der Waals surface area contributed by atoms with Gasteiger partial charge in [-0.05, 0) is 48.0 Å². The number of alkyl halides is 3. The molecule has 1 aromatic heterocycles. The molecular weight excluding hydrogens is 603 g/mol. The number of sulfonamides is 1. The van der Waals surface area contributed by atoms with Gasteiger partial charge in [0.1, 0.15) is 24.2 Å². The first kappa shape index (κ1) is 28.5. The summed E-state index contributed by atoms with van der Waals surface area (Å²) in [4.78, 5) is 5.60. The van der Waals surface area contributed by atoms with E-state index in [0.29, 0.717) is 22.7 Å². The first-order valence-electron chi connectivity index (χ1n) is 11.8. The first-order valence-corrected chi connectivity index (χ1v) is 14.4. The standard InChI is InChI=1S/C26H19ClF3N5O4S2/c1-38-18-5-2-16(3-6-18)15-35(25-32-24(14-31)33-40-25)41(36,37)19-7-9-22-23(13-19)39-11-10-34(22)21-8-4-17(12-20(21)27)26(28,29)30/h2-9,12-13H,10-11,15H2,1H3. The monoisotopic (exact) mass is 621 g/mol. The lowest BCUT2D eigenvalue weighted by Crippen LogP contribution is -2.32. The van der Waals surface area contributed by atoms with Crippen LogP contribution in [-0.2, 0) is 22.7 Å². The maximum absolute atomic E-state index is 13.9. The summed E-state index contributed by atoms with van der Waals surface area (Å²) in [6.45, 7) is 0.290. The predicted molar refractivity (Wildman–Crippen MR) is 146 cm³/mol. The van der Waals surface area contributed by atoms with Crippen molar-refractivity contribution in [1.29, 1.82) is 5.26 Å². The number of anilines is 3. The number of methoxy groups -OCH3 is 1. The molecule has 9 nitrogen and oxygen atoms in total. The molecule has 0 bridgehead atoms. The van der Waals surface area contributed by atoms with Gasteiger partial charge in [0.2, 0.25) is 11.0 Å². The Morgan fingerprint density at radius 3 is 2.51 bits per heavy atom. The van der Waals surface area contributed by atoms with Gasteiger partial charge in [-0.1, -0.05) is 23.7 Å². The molecule has 0 amide bonds. The Balaban J connectivity index is 1.51. The van der Waals surface area contributed by atoms with Crippen LogP contribution in [0.3, 0.4) is 0 Å². The smallest absolute Gasteiger partial charge is 0.416 e. The number of benzene rings is 3. The third kappa shape index (κ3) is 5.74. The van der Waals surface area contributed by atoms with Crippen LogP contribution in [0.2, 0.25) is 5.02 Å². The molecule has 4 aromatic rings. The van der Waals surface area contributed by atoms with E-state index in [1.54, 1.807) is 35.2 Å². The lowest BCUT2D eigenvalue weighted by molar-refractivity contribution is -0.137. The van der Waals surface area contributed by atoms with Crippen LogP contribution in [0.25, 0.3) is 0 Å². The number of rotatable bonds is 7. The molecular formula is C26H19ClF3N5O4S2. The molecule has 1 aliphatic rings. The molecule has 15 heteroatoms. The molecule has 0 unspecified atom stereocenters. The van der Waals surface area contributed by atoms with Gasteiger partial charge in [-0.15, -0.1) is 0 Å². The highest BCUT2D eigenvalue weighted by Gasteiger charge is 2.33. The van der Waals surface area contributed by atoms with Crippen LogP contribution in [0.4, 0.5) is 29.7 Å². The normalized spacial score (nSPS) is 13.2. The molecule has 2 heterocycles. The minimum absolute atomic E-state index is 0.00540. The van der Waals surface area contributed by atoms with E-state index in [-0.39, 0.29) is 46.3 Å². The summed E-state index contributed by atoms with van der Waals surface area (Å²) in [6.07, 6.45) is -4.55. The zero-order valence-electron chi connectivity index (χ0n) is 21.1. The minimum Gasteiger partial charge on any atom is -0.497 e. The Morgan fingerprint density at radius 1 is 1.15 bits per heavy atom. The first-order chi connectivity index (χ1) is 19.5. The second kappa shape index (κ2) is 11.1. The summed E-state index contributed by atoms with van der Waals surface area (Å²) in [5.41, 5.74) is 0.495. The summed E-state index contributed by atoms with van der Waals surface area (Å²) in [5.74, 6) is 0.626. The van der Waals surface area contributed by atoms with Crippen molar-refractivity contribution in [2.75, 3.05) is 29.5 Å². The SMILES string of the molecule is COc1ccc(CN(c2nc(C#N)ns2)S(=O)(=O)c2ccc3c(c2)OCCN3c2ccc(C(F)(F)F)cc2Cl)cc1. The Bertz CT molecular complexity index is 1740. The quantitative estimate of drug-likeness (QED) is 0.247. The summed E-state index contributed by atoms with van der Waals surface area (Å²) in [7, 11) is -2.74. The van der Waals surface area contributed by atoms with Crippen molar-refractivity contribution in [2.24, 2.45) is 0 Å². The fourth-order valence-corrected chi connectivity index (χ4v) is 6.68. The van der Waals surface area contributed by atoms with Crippen molar-refractivity contribution >= 4 is 49.7 Å². The minimum atomic E-state index is -4.55. The highest BCUT2D eigenvalue weighted by atomic mass is 35.5. The van der Waals surface area contributed by atoms with E-state index >= 15 is 0 Å². The summed E-state index contributed by atoms with van der Waals surface area (Å²) < 4.78 is 83.2. The van der Waals surface area contributed by atoms with E-state index in [2.05, 4.69) is 9.36 Å². The fraction of sp³-hybridized carbons (Fsp3) is 0.192. The number of aromatic nitrogens is 2. The average molecular weight is 622 g/mol. The molecule has 0 radical (unpaired) electrons. The van der Waals surface area contributed by atoms with Gasteiger partial charge in [-0.3, -0.25) is 0 Å². The van der Waals surface area contributed by atoms with Gasteiger partial charge < -0.3 is 14.4 Å². The van der Waals surface area contributed by atoms with Crippen molar-refractivity contribution < 1.29 is 31.1 Å². The van der Waals surface area contributed by atoms with Crippen molar-refractivity contribution in [3.8, 4) is 17.6 Å². The van der Waals surface area contributed by atoms with Crippen molar-refractivity contribution in [3.05, 3.63) is 82.6 Å². The van der Waals surface area contributed by atoms with Gasteiger partial charge >= 0.3 is 6.18 Å². The van der Waals surface area contributed by atoms with E-state index in [1.807, 2.05) is 0 Å². The van der Waals surface area contributed by atoms with E-state index in [9.17, 15) is 26.9 Å². The summed E-state index contributed by atoms with van der Waals surface area (Å²) >= 11 is 7.00. The fourth-order valence-electron chi connectivity index (χ4n) is 4.15. The van der Waals surface area contributed by atoms with Gasteiger partial charge in [0.05, 0.1) is 47.1 Å². The molecule has 41 heavy (non-hydrogen) atoms. The number of nitrogens with zero attached hydrogens (tertiary/aromatic N) is 5. The maximum atomic E-state index is 13.9.